The van der Waals surface area contributed by atoms with Crippen LogP contribution in [0.5, 0.6) is 5.75 Å². The van der Waals surface area contributed by atoms with Gasteiger partial charge in [-0.15, -0.1) is 0 Å². The van der Waals surface area contributed by atoms with Gasteiger partial charge in [-0.25, -0.2) is 4.79 Å². The minimum absolute atomic E-state index is 0.0267. The van der Waals surface area contributed by atoms with Gasteiger partial charge >= 0.3 is 5.97 Å². The number of amides is 2. The summed E-state index contributed by atoms with van der Waals surface area (Å²) in [5.41, 5.74) is 0.643. The number of piperidine rings is 1. The minimum Gasteiger partial charge on any atom is -0.482 e. The zero-order chi connectivity index (χ0) is 20.6. The molecule has 0 unspecified atom stereocenters. The van der Waals surface area contributed by atoms with Crippen LogP contribution >= 0.6 is 0 Å². The number of esters is 1. The molecular weight excluding hydrogens is 374 g/mol. The third kappa shape index (κ3) is 5.93. The molecular formula is C21H29N3O5. The molecule has 0 aromatic heterocycles. The fourth-order valence-electron chi connectivity index (χ4n) is 3.68. The Morgan fingerprint density at radius 2 is 1.83 bits per heavy atom. The highest BCUT2D eigenvalue weighted by Gasteiger charge is 2.31. The number of carbonyl (C=O) groups is 3. The summed E-state index contributed by atoms with van der Waals surface area (Å²) >= 11 is 0. The summed E-state index contributed by atoms with van der Waals surface area (Å²) in [7, 11) is 0. The van der Waals surface area contributed by atoms with E-state index in [1.807, 2.05) is 0 Å². The molecule has 3 rings (SSSR count). The maximum Gasteiger partial charge on any atom is 0.344 e. The van der Waals surface area contributed by atoms with Gasteiger partial charge in [-0.1, -0.05) is 0 Å². The van der Waals surface area contributed by atoms with Crippen LogP contribution < -0.4 is 15.0 Å². The van der Waals surface area contributed by atoms with Gasteiger partial charge in [0.05, 0.1) is 6.61 Å². The van der Waals surface area contributed by atoms with Gasteiger partial charge in [-0.2, -0.15) is 0 Å². The third-order valence-electron chi connectivity index (χ3n) is 5.35. The molecule has 2 heterocycles. The van der Waals surface area contributed by atoms with E-state index in [1.54, 1.807) is 36.1 Å². The van der Waals surface area contributed by atoms with Crippen molar-refractivity contribution < 1.29 is 23.9 Å². The molecule has 2 saturated heterocycles. The van der Waals surface area contributed by atoms with Gasteiger partial charge in [0, 0.05) is 12.2 Å². The molecule has 8 heteroatoms. The van der Waals surface area contributed by atoms with E-state index in [0.717, 1.165) is 32.4 Å². The smallest absolute Gasteiger partial charge is 0.344 e. The quantitative estimate of drug-likeness (QED) is 0.656. The minimum atomic E-state index is -0.432. The van der Waals surface area contributed by atoms with Gasteiger partial charge in [0.1, 0.15) is 18.8 Å². The van der Waals surface area contributed by atoms with Gasteiger partial charge < -0.3 is 24.6 Å². The van der Waals surface area contributed by atoms with Crippen LogP contribution in [0.2, 0.25) is 0 Å². The van der Waals surface area contributed by atoms with E-state index >= 15 is 0 Å². The van der Waals surface area contributed by atoms with E-state index in [0.29, 0.717) is 30.5 Å². The number of anilines is 1. The lowest BCUT2D eigenvalue weighted by Crippen LogP contribution is -2.54. The summed E-state index contributed by atoms with van der Waals surface area (Å²) < 4.78 is 10.2. The Balaban J connectivity index is 1.50. The number of piperazine rings is 1. The SMILES string of the molecule is CCOC(=O)COc1ccc(N2CC(=O)N(CCC3CCNCC3)CC2=O)cc1. The van der Waals surface area contributed by atoms with Gasteiger partial charge in [-0.3, -0.25) is 9.59 Å². The van der Waals surface area contributed by atoms with E-state index in [-0.39, 0.29) is 31.5 Å². The van der Waals surface area contributed by atoms with Crippen molar-refractivity contribution >= 4 is 23.5 Å². The molecule has 0 saturated carbocycles. The van der Waals surface area contributed by atoms with E-state index in [1.165, 1.54) is 4.90 Å². The number of hydrogen-bond donors (Lipinski definition) is 1. The highest BCUT2D eigenvalue weighted by molar-refractivity contribution is 6.04. The molecule has 0 radical (unpaired) electrons. The maximum atomic E-state index is 12.6. The molecule has 2 aliphatic rings. The molecule has 0 spiro atoms. The molecule has 158 valence electrons. The first-order valence-electron chi connectivity index (χ1n) is 10.2. The highest BCUT2D eigenvalue weighted by atomic mass is 16.6. The Morgan fingerprint density at radius 1 is 1.10 bits per heavy atom. The molecule has 2 aliphatic heterocycles. The van der Waals surface area contributed by atoms with Gasteiger partial charge in [-0.05, 0) is 69.5 Å². The second kappa shape index (κ2) is 10.2. The number of carbonyl (C=O) groups excluding carboxylic acids is 3. The normalized spacial score (nSPS) is 18.1. The lowest BCUT2D eigenvalue weighted by Gasteiger charge is -2.35. The largest absolute Gasteiger partial charge is 0.482 e. The van der Waals surface area contributed by atoms with Crippen LogP contribution in [0.15, 0.2) is 24.3 Å². The summed E-state index contributed by atoms with van der Waals surface area (Å²) in [6, 6.07) is 6.79. The van der Waals surface area contributed by atoms with Gasteiger partial charge in [0.2, 0.25) is 11.8 Å². The molecule has 1 N–H and O–H groups in total. The van der Waals surface area contributed by atoms with Crippen molar-refractivity contribution in [3.63, 3.8) is 0 Å². The number of hydrogen-bond acceptors (Lipinski definition) is 6. The monoisotopic (exact) mass is 403 g/mol. The van der Waals surface area contributed by atoms with Crippen molar-refractivity contribution in [2.24, 2.45) is 5.92 Å². The average molecular weight is 403 g/mol. The number of ether oxygens (including phenoxy) is 2. The second-order valence-corrected chi connectivity index (χ2v) is 7.36. The van der Waals surface area contributed by atoms with Crippen molar-refractivity contribution in [1.29, 1.82) is 0 Å². The number of nitrogens with zero attached hydrogens (tertiary/aromatic N) is 2. The van der Waals surface area contributed by atoms with Crippen molar-refractivity contribution in [3.05, 3.63) is 24.3 Å². The van der Waals surface area contributed by atoms with Crippen molar-refractivity contribution in [1.82, 2.24) is 10.2 Å². The topological polar surface area (TPSA) is 88.2 Å². The summed E-state index contributed by atoms with van der Waals surface area (Å²) in [4.78, 5) is 39.7. The summed E-state index contributed by atoms with van der Waals surface area (Å²) in [6.07, 6.45) is 3.21. The Labute approximate surface area is 171 Å². The first-order valence-corrected chi connectivity index (χ1v) is 10.2. The average Bonchev–Trinajstić information content (AvgIpc) is 2.74. The predicted octanol–water partition coefficient (Wildman–Crippen LogP) is 1.19. The first kappa shape index (κ1) is 21.1. The van der Waals surface area contributed by atoms with Crippen molar-refractivity contribution in [2.45, 2.75) is 26.2 Å². The van der Waals surface area contributed by atoms with Gasteiger partial charge in [0.15, 0.2) is 6.61 Å². The van der Waals surface area contributed by atoms with Crippen molar-refractivity contribution in [3.8, 4) is 5.75 Å². The zero-order valence-electron chi connectivity index (χ0n) is 16.9. The predicted molar refractivity (Wildman–Crippen MR) is 108 cm³/mol. The fourth-order valence-corrected chi connectivity index (χ4v) is 3.68. The molecule has 0 aliphatic carbocycles. The maximum absolute atomic E-state index is 12.6. The fraction of sp³-hybridized carbons (Fsp3) is 0.571. The Hall–Kier alpha value is -2.61. The van der Waals surface area contributed by atoms with Crippen molar-refractivity contribution in [2.75, 3.05) is 50.8 Å². The summed E-state index contributed by atoms with van der Waals surface area (Å²) in [6.45, 7) is 4.75. The third-order valence-corrected chi connectivity index (χ3v) is 5.35. The van der Waals surface area contributed by atoms with Crippen LogP contribution in [-0.4, -0.2) is 68.6 Å². The number of nitrogens with one attached hydrogen (secondary N) is 1. The van der Waals surface area contributed by atoms with Crippen LogP contribution in [0.25, 0.3) is 0 Å². The zero-order valence-corrected chi connectivity index (χ0v) is 16.9. The number of rotatable bonds is 8. The highest BCUT2D eigenvalue weighted by Crippen LogP contribution is 2.23. The van der Waals surface area contributed by atoms with Crippen LogP contribution in [0.4, 0.5) is 5.69 Å². The lowest BCUT2D eigenvalue weighted by molar-refractivity contribution is -0.145. The van der Waals surface area contributed by atoms with E-state index in [2.05, 4.69) is 5.32 Å². The van der Waals surface area contributed by atoms with E-state index in [4.69, 9.17) is 9.47 Å². The van der Waals surface area contributed by atoms with Crippen LogP contribution in [0.1, 0.15) is 26.2 Å². The van der Waals surface area contributed by atoms with Crippen LogP contribution in [0, 0.1) is 5.92 Å². The molecule has 0 bridgehead atoms. The Kier molecular flexibility index (Phi) is 7.46. The molecule has 2 fully saturated rings. The molecule has 29 heavy (non-hydrogen) atoms. The molecule has 1 aromatic rings. The summed E-state index contributed by atoms with van der Waals surface area (Å²) in [5, 5.41) is 3.34. The van der Waals surface area contributed by atoms with Crippen LogP contribution in [-0.2, 0) is 19.1 Å². The first-order chi connectivity index (χ1) is 14.1. The van der Waals surface area contributed by atoms with E-state index in [9.17, 15) is 14.4 Å². The molecule has 1 aromatic carbocycles. The Bertz CT molecular complexity index is 716. The summed E-state index contributed by atoms with van der Waals surface area (Å²) in [5.74, 6) is 0.578. The standard InChI is InChI=1S/C21H29N3O5/c1-2-28-21(27)15-29-18-5-3-17(4-6-18)24-14-19(25)23(13-20(24)26)12-9-16-7-10-22-11-8-16/h3-6,16,22H,2,7-15H2,1H3. The molecule has 0 atom stereocenters. The van der Waals surface area contributed by atoms with Gasteiger partial charge in [0.25, 0.3) is 0 Å². The number of benzene rings is 1. The lowest BCUT2D eigenvalue weighted by atomic mass is 9.94. The van der Waals surface area contributed by atoms with E-state index < -0.39 is 5.97 Å². The second-order valence-electron chi connectivity index (χ2n) is 7.36. The molecule has 8 nitrogen and oxygen atoms in total. The molecule has 2 amide bonds. The van der Waals surface area contributed by atoms with Crippen LogP contribution in [0.3, 0.4) is 0 Å². The Morgan fingerprint density at radius 3 is 2.52 bits per heavy atom.